The summed E-state index contributed by atoms with van der Waals surface area (Å²) in [7, 11) is 0. The number of hydrogen-bond donors (Lipinski definition) is 3. The number of nitrogens with two attached hydrogens (primary N) is 1. The molecule has 84 valence electrons. The van der Waals surface area contributed by atoms with E-state index in [-0.39, 0.29) is 25.1 Å². The second-order valence-electron chi connectivity index (χ2n) is 3.47. The van der Waals surface area contributed by atoms with Gasteiger partial charge in [-0.25, -0.2) is 0 Å². The summed E-state index contributed by atoms with van der Waals surface area (Å²) < 4.78 is 1.56. The minimum atomic E-state index is -0.312. The summed E-state index contributed by atoms with van der Waals surface area (Å²) in [5.41, 5.74) is 6.34. The highest BCUT2D eigenvalue weighted by Gasteiger charge is 2.17. The Bertz CT molecular complexity index is 346. The standard InChI is InChI=1S/C9H16N4O2/c1-6(2)13-8(7(10)5-12-13)9(15)11-3-4-14/h5-6,14H,3-4,10H2,1-2H3,(H,11,15). The lowest BCUT2D eigenvalue weighted by atomic mass is 10.3. The van der Waals surface area contributed by atoms with E-state index in [0.29, 0.717) is 11.4 Å². The number of rotatable bonds is 4. The summed E-state index contributed by atoms with van der Waals surface area (Å²) in [6, 6.07) is 0.0668. The summed E-state index contributed by atoms with van der Waals surface area (Å²) in [5, 5.41) is 15.1. The number of nitrogens with one attached hydrogen (secondary N) is 1. The molecule has 0 saturated carbocycles. The maximum atomic E-state index is 11.6. The van der Waals surface area contributed by atoms with E-state index in [9.17, 15) is 4.79 Å². The third-order valence-electron chi connectivity index (χ3n) is 1.93. The van der Waals surface area contributed by atoms with Crippen LogP contribution < -0.4 is 11.1 Å². The van der Waals surface area contributed by atoms with Crippen LogP contribution in [0, 0.1) is 0 Å². The molecule has 4 N–H and O–H groups in total. The van der Waals surface area contributed by atoms with Crippen molar-refractivity contribution in [3.05, 3.63) is 11.9 Å². The van der Waals surface area contributed by atoms with E-state index in [1.54, 1.807) is 4.68 Å². The van der Waals surface area contributed by atoms with Crippen molar-refractivity contribution < 1.29 is 9.90 Å². The zero-order valence-corrected chi connectivity index (χ0v) is 8.90. The van der Waals surface area contributed by atoms with Gasteiger partial charge in [0.1, 0.15) is 5.69 Å². The number of nitrogens with zero attached hydrogens (tertiary/aromatic N) is 2. The fourth-order valence-electron chi connectivity index (χ4n) is 1.26. The normalized spacial score (nSPS) is 10.7. The molecule has 15 heavy (non-hydrogen) atoms. The van der Waals surface area contributed by atoms with E-state index >= 15 is 0 Å². The number of aliphatic hydroxyl groups excluding tert-OH is 1. The predicted octanol–water partition coefficient (Wildman–Crippen LogP) is -0.232. The van der Waals surface area contributed by atoms with Crippen LogP contribution in [0.4, 0.5) is 5.69 Å². The van der Waals surface area contributed by atoms with Crippen LogP contribution in [0.3, 0.4) is 0 Å². The van der Waals surface area contributed by atoms with Gasteiger partial charge in [-0.2, -0.15) is 5.10 Å². The first-order valence-corrected chi connectivity index (χ1v) is 4.80. The van der Waals surface area contributed by atoms with E-state index in [1.807, 2.05) is 13.8 Å². The molecule has 0 atom stereocenters. The molecule has 0 aliphatic rings. The highest BCUT2D eigenvalue weighted by atomic mass is 16.3. The van der Waals surface area contributed by atoms with Gasteiger partial charge in [-0.05, 0) is 13.8 Å². The fraction of sp³-hybridized carbons (Fsp3) is 0.556. The van der Waals surface area contributed by atoms with E-state index in [1.165, 1.54) is 6.20 Å². The van der Waals surface area contributed by atoms with Crippen molar-refractivity contribution in [1.29, 1.82) is 0 Å². The van der Waals surface area contributed by atoms with Gasteiger partial charge in [0.25, 0.3) is 5.91 Å². The molecule has 0 bridgehead atoms. The van der Waals surface area contributed by atoms with Gasteiger partial charge >= 0.3 is 0 Å². The lowest BCUT2D eigenvalue weighted by molar-refractivity contribution is 0.0933. The monoisotopic (exact) mass is 212 g/mol. The molecule has 0 aromatic carbocycles. The van der Waals surface area contributed by atoms with Crippen LogP contribution in [0.1, 0.15) is 30.4 Å². The quantitative estimate of drug-likeness (QED) is 0.642. The molecule has 0 unspecified atom stereocenters. The lowest BCUT2D eigenvalue weighted by Gasteiger charge is -2.11. The van der Waals surface area contributed by atoms with Gasteiger partial charge in [-0.3, -0.25) is 9.48 Å². The summed E-state index contributed by atoms with van der Waals surface area (Å²) in [5.74, 6) is -0.312. The fourth-order valence-corrected chi connectivity index (χ4v) is 1.26. The van der Waals surface area contributed by atoms with Crippen molar-refractivity contribution in [2.45, 2.75) is 19.9 Å². The summed E-state index contributed by atoms with van der Waals surface area (Å²) in [6.45, 7) is 3.94. The molecule has 0 aliphatic heterocycles. The average Bonchev–Trinajstić information content (AvgIpc) is 2.56. The maximum Gasteiger partial charge on any atom is 0.271 e. The number of anilines is 1. The number of aromatic nitrogens is 2. The van der Waals surface area contributed by atoms with Crippen LogP contribution in [0.5, 0.6) is 0 Å². The Kier molecular flexibility index (Phi) is 3.68. The number of amides is 1. The van der Waals surface area contributed by atoms with Gasteiger partial charge in [0, 0.05) is 12.6 Å². The molecular formula is C9H16N4O2. The molecule has 1 amide bonds. The summed E-state index contributed by atoms with van der Waals surface area (Å²) in [4.78, 5) is 11.6. The molecule has 6 heteroatoms. The molecule has 1 aromatic rings. The first kappa shape index (κ1) is 11.5. The summed E-state index contributed by atoms with van der Waals surface area (Å²) >= 11 is 0. The van der Waals surface area contributed by atoms with Crippen LogP contribution in [0.25, 0.3) is 0 Å². The first-order chi connectivity index (χ1) is 7.07. The molecule has 0 spiro atoms. The SMILES string of the molecule is CC(C)n1ncc(N)c1C(=O)NCCO. The van der Waals surface area contributed by atoms with Gasteiger partial charge in [-0.1, -0.05) is 0 Å². The third-order valence-corrected chi connectivity index (χ3v) is 1.93. The number of nitrogen functional groups attached to an aromatic ring is 1. The first-order valence-electron chi connectivity index (χ1n) is 4.80. The minimum Gasteiger partial charge on any atom is -0.396 e. The van der Waals surface area contributed by atoms with E-state index in [0.717, 1.165) is 0 Å². The lowest BCUT2D eigenvalue weighted by Crippen LogP contribution is -2.29. The Balaban J connectivity index is 2.91. The molecule has 1 heterocycles. The van der Waals surface area contributed by atoms with Gasteiger partial charge in [0.05, 0.1) is 18.5 Å². The third kappa shape index (κ3) is 2.47. The van der Waals surface area contributed by atoms with Crippen molar-refractivity contribution in [3.63, 3.8) is 0 Å². The highest BCUT2D eigenvalue weighted by molar-refractivity contribution is 5.97. The highest BCUT2D eigenvalue weighted by Crippen LogP contribution is 2.15. The van der Waals surface area contributed by atoms with Crippen molar-refractivity contribution in [1.82, 2.24) is 15.1 Å². The zero-order valence-electron chi connectivity index (χ0n) is 8.90. The molecule has 0 saturated heterocycles. The summed E-state index contributed by atoms with van der Waals surface area (Å²) in [6.07, 6.45) is 1.45. The van der Waals surface area contributed by atoms with Crippen molar-refractivity contribution >= 4 is 11.6 Å². The topological polar surface area (TPSA) is 93.2 Å². The number of aliphatic hydroxyl groups is 1. The van der Waals surface area contributed by atoms with E-state index < -0.39 is 0 Å². The molecular weight excluding hydrogens is 196 g/mol. The van der Waals surface area contributed by atoms with Crippen LogP contribution in [0.15, 0.2) is 6.20 Å². The van der Waals surface area contributed by atoms with Crippen LogP contribution in [0.2, 0.25) is 0 Å². The zero-order chi connectivity index (χ0) is 11.4. The van der Waals surface area contributed by atoms with Crippen molar-refractivity contribution in [2.24, 2.45) is 0 Å². The minimum absolute atomic E-state index is 0.0668. The predicted molar refractivity (Wildman–Crippen MR) is 56.4 cm³/mol. The Hall–Kier alpha value is -1.56. The van der Waals surface area contributed by atoms with Crippen molar-refractivity contribution in [3.8, 4) is 0 Å². The molecule has 1 rings (SSSR count). The second-order valence-corrected chi connectivity index (χ2v) is 3.47. The number of carbonyl (C=O) groups excluding carboxylic acids is 1. The largest absolute Gasteiger partial charge is 0.396 e. The van der Waals surface area contributed by atoms with Gasteiger partial charge in [0.2, 0.25) is 0 Å². The van der Waals surface area contributed by atoms with Gasteiger partial charge in [-0.15, -0.1) is 0 Å². The Morgan fingerprint density at radius 1 is 1.73 bits per heavy atom. The van der Waals surface area contributed by atoms with Gasteiger partial charge in [0.15, 0.2) is 0 Å². The number of hydrogen-bond acceptors (Lipinski definition) is 4. The molecule has 0 fully saturated rings. The molecule has 0 radical (unpaired) electrons. The number of carbonyl (C=O) groups is 1. The Labute approximate surface area is 88.1 Å². The second kappa shape index (κ2) is 4.79. The van der Waals surface area contributed by atoms with Crippen LogP contribution >= 0.6 is 0 Å². The average molecular weight is 212 g/mol. The van der Waals surface area contributed by atoms with Crippen LogP contribution in [-0.2, 0) is 0 Å². The molecule has 6 nitrogen and oxygen atoms in total. The Morgan fingerprint density at radius 2 is 2.40 bits per heavy atom. The van der Waals surface area contributed by atoms with E-state index in [2.05, 4.69) is 10.4 Å². The van der Waals surface area contributed by atoms with Gasteiger partial charge < -0.3 is 16.2 Å². The Morgan fingerprint density at radius 3 is 2.93 bits per heavy atom. The van der Waals surface area contributed by atoms with E-state index in [4.69, 9.17) is 10.8 Å². The maximum absolute atomic E-state index is 11.6. The smallest absolute Gasteiger partial charge is 0.271 e. The van der Waals surface area contributed by atoms with Crippen LogP contribution in [-0.4, -0.2) is 33.9 Å². The molecule has 1 aromatic heterocycles. The van der Waals surface area contributed by atoms with Crippen molar-refractivity contribution in [2.75, 3.05) is 18.9 Å². The molecule has 0 aliphatic carbocycles.